The average Bonchev–Trinajstić information content (AvgIpc) is 1.88. The summed E-state index contributed by atoms with van der Waals surface area (Å²) in [5.74, 6) is -0.264. The van der Waals surface area contributed by atoms with Crippen molar-refractivity contribution < 1.29 is 9.90 Å². The molecule has 0 aromatic rings. The first-order valence-corrected chi connectivity index (χ1v) is 2.77. The highest BCUT2D eigenvalue weighted by molar-refractivity contribution is 6.08. The minimum absolute atomic E-state index is 0.127. The molecule has 3 N–H and O–H groups in total. The zero-order valence-corrected chi connectivity index (χ0v) is 5.19. The molecule has 1 unspecified atom stereocenters. The molecule has 0 aromatic heterocycles. The molecule has 0 aliphatic carbocycles. The minimum atomic E-state index is -0.609. The first-order valence-electron chi connectivity index (χ1n) is 2.77. The Balaban J connectivity index is 2.75. The lowest BCUT2D eigenvalue weighted by molar-refractivity contribution is 0.255. The van der Waals surface area contributed by atoms with Crippen LogP contribution in [0.15, 0.2) is 9.98 Å². The van der Waals surface area contributed by atoms with Crippen LogP contribution >= 0.6 is 0 Å². The first kappa shape index (κ1) is 6.88. The monoisotopic (exact) mass is 141 g/mol. The first-order chi connectivity index (χ1) is 4.74. The van der Waals surface area contributed by atoms with Crippen molar-refractivity contribution in [3.63, 3.8) is 0 Å². The lowest BCUT2D eigenvalue weighted by atomic mass is 10.1. The van der Waals surface area contributed by atoms with Crippen LogP contribution in [-0.2, 0) is 0 Å². The lowest BCUT2D eigenvalue weighted by Gasteiger charge is -2.09. The van der Waals surface area contributed by atoms with Crippen LogP contribution in [0.4, 0.5) is 4.79 Å². The van der Waals surface area contributed by atoms with E-state index in [1.54, 1.807) is 0 Å². The van der Waals surface area contributed by atoms with Gasteiger partial charge in [0.15, 0.2) is 0 Å². The van der Waals surface area contributed by atoms with Crippen molar-refractivity contribution >= 4 is 18.1 Å². The topological polar surface area (TPSA) is 88.0 Å². The van der Waals surface area contributed by atoms with Crippen LogP contribution in [0.2, 0.25) is 0 Å². The van der Waals surface area contributed by atoms with Gasteiger partial charge >= 0.3 is 6.03 Å². The molecule has 5 nitrogen and oxygen atoms in total. The van der Waals surface area contributed by atoms with Crippen molar-refractivity contribution in [3.8, 4) is 0 Å². The molecule has 0 bridgehead atoms. The van der Waals surface area contributed by atoms with Crippen molar-refractivity contribution in [1.82, 2.24) is 0 Å². The highest BCUT2D eigenvalue weighted by Crippen LogP contribution is 1.99. The predicted octanol–water partition coefficient (Wildman–Crippen LogP) is -0.844. The quantitative estimate of drug-likeness (QED) is 0.498. The van der Waals surface area contributed by atoms with E-state index in [1.165, 1.54) is 6.21 Å². The molecule has 1 rings (SSSR count). The molecule has 0 saturated heterocycles. The molecule has 5 heteroatoms. The smallest absolute Gasteiger partial charge is 0.368 e. The normalized spacial score (nSPS) is 24.7. The van der Waals surface area contributed by atoms with Gasteiger partial charge in [0.2, 0.25) is 0 Å². The Morgan fingerprint density at radius 1 is 1.80 bits per heavy atom. The Morgan fingerprint density at radius 2 is 2.50 bits per heavy atom. The molecule has 2 amide bonds. The van der Waals surface area contributed by atoms with E-state index in [2.05, 4.69) is 9.98 Å². The number of hydrogen-bond donors (Lipinski definition) is 2. The van der Waals surface area contributed by atoms with E-state index in [4.69, 9.17) is 10.8 Å². The second-order valence-electron chi connectivity index (χ2n) is 1.89. The van der Waals surface area contributed by atoms with Gasteiger partial charge in [-0.3, -0.25) is 0 Å². The van der Waals surface area contributed by atoms with E-state index in [0.717, 1.165) is 0 Å². The fraction of sp³-hybridized carbons (Fsp3) is 0.400. The van der Waals surface area contributed by atoms with Gasteiger partial charge in [-0.1, -0.05) is 0 Å². The number of aliphatic hydroxyl groups is 1. The molecule has 1 aliphatic rings. The molecule has 10 heavy (non-hydrogen) atoms. The predicted molar refractivity (Wildman–Crippen MR) is 36.1 cm³/mol. The highest BCUT2D eigenvalue weighted by atomic mass is 16.3. The third kappa shape index (κ3) is 1.19. The molecule has 0 fully saturated rings. The zero-order valence-electron chi connectivity index (χ0n) is 5.19. The molecule has 0 saturated carbocycles. The second kappa shape index (κ2) is 2.57. The van der Waals surface area contributed by atoms with Crippen LogP contribution < -0.4 is 5.73 Å². The Morgan fingerprint density at radius 3 is 3.00 bits per heavy atom. The summed E-state index contributed by atoms with van der Waals surface area (Å²) < 4.78 is 0. The van der Waals surface area contributed by atoms with Crippen molar-refractivity contribution in [2.24, 2.45) is 21.6 Å². The van der Waals surface area contributed by atoms with Gasteiger partial charge in [-0.25, -0.2) is 9.79 Å². The van der Waals surface area contributed by atoms with E-state index in [1.807, 2.05) is 0 Å². The highest BCUT2D eigenvalue weighted by Gasteiger charge is 2.14. The number of carbonyl (C=O) groups is 1. The van der Waals surface area contributed by atoms with E-state index < -0.39 is 11.9 Å². The summed E-state index contributed by atoms with van der Waals surface area (Å²) in [4.78, 5) is 17.1. The van der Waals surface area contributed by atoms with Crippen LogP contribution in [0.1, 0.15) is 0 Å². The number of nitrogens with zero attached hydrogens (tertiary/aromatic N) is 2. The SMILES string of the molecule is NC1=NC(=O)N=CC1CO. The van der Waals surface area contributed by atoms with Gasteiger partial charge in [0.1, 0.15) is 5.84 Å². The standard InChI is InChI=1S/C5H7N3O2/c6-4-3(2-9)1-7-5(10)8-4/h1,3,9H,2H2,(H2,6,8,10). The van der Waals surface area contributed by atoms with Gasteiger partial charge in [0, 0.05) is 6.21 Å². The summed E-state index contributed by atoms with van der Waals surface area (Å²) in [6.07, 6.45) is 1.30. The molecular weight excluding hydrogens is 134 g/mol. The third-order valence-corrected chi connectivity index (χ3v) is 1.17. The molecular formula is C5H7N3O2. The maximum atomic E-state index is 10.4. The van der Waals surface area contributed by atoms with Gasteiger partial charge in [-0.15, -0.1) is 0 Å². The van der Waals surface area contributed by atoms with Crippen molar-refractivity contribution in [3.05, 3.63) is 0 Å². The summed E-state index contributed by atoms with van der Waals surface area (Å²) in [7, 11) is 0. The Kier molecular flexibility index (Phi) is 1.77. The Labute approximate surface area is 57.3 Å². The number of aliphatic hydroxyl groups excluding tert-OH is 1. The maximum Gasteiger partial charge on any atom is 0.368 e. The Bertz CT molecular complexity index is 209. The van der Waals surface area contributed by atoms with Gasteiger partial charge in [-0.05, 0) is 0 Å². The summed E-state index contributed by atoms with van der Waals surface area (Å²) in [6, 6.07) is -0.609. The largest absolute Gasteiger partial charge is 0.395 e. The molecule has 1 atom stereocenters. The van der Waals surface area contributed by atoms with E-state index in [9.17, 15) is 4.79 Å². The molecule has 1 aliphatic heterocycles. The minimum Gasteiger partial charge on any atom is -0.395 e. The van der Waals surface area contributed by atoms with Crippen LogP contribution in [0, 0.1) is 5.92 Å². The number of aliphatic imine (C=N–C) groups is 2. The Hall–Kier alpha value is -1.23. The van der Waals surface area contributed by atoms with Crippen molar-refractivity contribution in [1.29, 1.82) is 0 Å². The van der Waals surface area contributed by atoms with Gasteiger partial charge in [0.25, 0.3) is 0 Å². The molecule has 1 heterocycles. The molecule has 0 aromatic carbocycles. The number of amidine groups is 1. The maximum absolute atomic E-state index is 10.4. The fourth-order valence-corrected chi connectivity index (χ4v) is 0.593. The van der Waals surface area contributed by atoms with Gasteiger partial charge < -0.3 is 10.8 Å². The number of rotatable bonds is 1. The second-order valence-corrected chi connectivity index (χ2v) is 1.89. The third-order valence-electron chi connectivity index (χ3n) is 1.17. The summed E-state index contributed by atoms with van der Waals surface area (Å²) in [5.41, 5.74) is 5.26. The van der Waals surface area contributed by atoms with Gasteiger partial charge in [0.05, 0.1) is 12.5 Å². The van der Waals surface area contributed by atoms with E-state index in [-0.39, 0.29) is 12.4 Å². The van der Waals surface area contributed by atoms with Crippen LogP contribution in [0.5, 0.6) is 0 Å². The number of carbonyl (C=O) groups excluding carboxylic acids is 1. The zero-order chi connectivity index (χ0) is 7.56. The van der Waals surface area contributed by atoms with Crippen LogP contribution in [0.25, 0.3) is 0 Å². The summed E-state index contributed by atoms with van der Waals surface area (Å²) >= 11 is 0. The average molecular weight is 141 g/mol. The lowest BCUT2D eigenvalue weighted by Crippen LogP contribution is -2.31. The van der Waals surface area contributed by atoms with E-state index >= 15 is 0 Å². The number of urea groups is 1. The molecule has 0 spiro atoms. The number of nitrogens with two attached hydrogens (primary N) is 1. The van der Waals surface area contributed by atoms with Crippen molar-refractivity contribution in [2.75, 3.05) is 6.61 Å². The summed E-state index contributed by atoms with van der Waals surface area (Å²) in [6.45, 7) is -0.161. The van der Waals surface area contributed by atoms with E-state index in [0.29, 0.717) is 0 Å². The van der Waals surface area contributed by atoms with Gasteiger partial charge in [-0.2, -0.15) is 4.99 Å². The van der Waals surface area contributed by atoms with Crippen LogP contribution in [-0.4, -0.2) is 29.8 Å². The molecule has 0 radical (unpaired) electrons. The van der Waals surface area contributed by atoms with Crippen molar-refractivity contribution in [2.45, 2.75) is 0 Å². The van der Waals surface area contributed by atoms with Crippen LogP contribution in [0.3, 0.4) is 0 Å². The number of hydrogen-bond acceptors (Lipinski definition) is 3. The molecule has 54 valence electrons. The summed E-state index contributed by atoms with van der Waals surface area (Å²) in [5, 5.41) is 8.58. The fourth-order valence-electron chi connectivity index (χ4n) is 0.593. The number of amides is 2.